The highest BCUT2D eigenvalue weighted by Crippen LogP contribution is 2.33. The van der Waals surface area contributed by atoms with Gasteiger partial charge in [0, 0.05) is 23.6 Å². The Kier molecular flexibility index (Phi) is 4.83. The van der Waals surface area contributed by atoms with E-state index >= 15 is 0 Å². The number of nitrogens with zero attached hydrogens (tertiary/aromatic N) is 1. The molecule has 0 atom stereocenters. The summed E-state index contributed by atoms with van der Waals surface area (Å²) in [5, 5.41) is 11.9. The number of aliphatic hydroxyl groups is 1. The molecule has 2 aromatic heterocycles. The van der Waals surface area contributed by atoms with E-state index in [9.17, 15) is 14.7 Å². The Morgan fingerprint density at radius 1 is 1.22 bits per heavy atom. The van der Waals surface area contributed by atoms with Crippen molar-refractivity contribution in [3.63, 3.8) is 0 Å². The van der Waals surface area contributed by atoms with Crippen LogP contribution in [0.15, 0.2) is 40.5 Å². The first-order valence-electron chi connectivity index (χ1n) is 8.55. The zero-order valence-corrected chi connectivity index (χ0v) is 15.3. The summed E-state index contributed by atoms with van der Waals surface area (Å²) in [5.74, 6) is 1.03. The first-order valence-corrected chi connectivity index (χ1v) is 9.43. The largest absolute Gasteiger partial charge is 0.486 e. The van der Waals surface area contributed by atoms with Crippen molar-refractivity contribution in [3.8, 4) is 11.5 Å². The first kappa shape index (κ1) is 17.6. The number of benzene rings is 1. The maximum atomic E-state index is 12.6. The number of hydrogen-bond acceptors (Lipinski definition) is 6. The fourth-order valence-electron chi connectivity index (χ4n) is 3.04. The normalized spacial score (nSPS) is 12.9. The minimum atomic E-state index is -0.277. The molecule has 27 heavy (non-hydrogen) atoms. The predicted octanol–water partition coefficient (Wildman–Crippen LogP) is 2.00. The van der Waals surface area contributed by atoms with Gasteiger partial charge >= 0.3 is 0 Å². The number of rotatable bonds is 5. The Balaban J connectivity index is 1.68. The fourth-order valence-corrected chi connectivity index (χ4v) is 3.73. The summed E-state index contributed by atoms with van der Waals surface area (Å²) in [6.45, 7) is 1.03. The number of aromatic nitrogens is 1. The number of ether oxygens (including phenoxy) is 2. The lowest BCUT2D eigenvalue weighted by molar-refractivity contribution is 0.0712. The molecule has 140 valence electrons. The van der Waals surface area contributed by atoms with E-state index in [0.29, 0.717) is 40.7 Å². The third-order valence-electron chi connectivity index (χ3n) is 4.33. The number of carbonyl (C=O) groups excluding carboxylic acids is 1. The first-order chi connectivity index (χ1) is 13.2. The van der Waals surface area contributed by atoms with Gasteiger partial charge in [0.2, 0.25) is 0 Å². The molecule has 0 saturated heterocycles. The quantitative estimate of drug-likeness (QED) is 0.700. The molecule has 0 unspecified atom stereocenters. The number of aliphatic hydroxyl groups excluding tert-OH is 1. The van der Waals surface area contributed by atoms with Crippen molar-refractivity contribution < 1.29 is 19.4 Å². The zero-order valence-electron chi connectivity index (χ0n) is 14.4. The second-order valence-corrected chi connectivity index (χ2v) is 7.08. The number of thiophene rings is 1. The molecule has 0 bridgehead atoms. The van der Waals surface area contributed by atoms with E-state index in [1.54, 1.807) is 24.3 Å². The molecule has 0 aliphatic carbocycles. The van der Waals surface area contributed by atoms with E-state index in [1.807, 2.05) is 11.4 Å². The van der Waals surface area contributed by atoms with Crippen LogP contribution >= 0.6 is 11.3 Å². The second-order valence-electron chi connectivity index (χ2n) is 6.13. The molecule has 4 rings (SSSR count). The highest BCUT2D eigenvalue weighted by atomic mass is 32.1. The van der Waals surface area contributed by atoms with Crippen molar-refractivity contribution >= 4 is 28.1 Å². The van der Waals surface area contributed by atoms with Gasteiger partial charge in [-0.05, 0) is 23.6 Å². The smallest absolute Gasteiger partial charge is 0.264 e. The molecule has 1 aliphatic rings. The molecule has 0 spiro atoms. The Morgan fingerprint density at radius 2 is 2.00 bits per heavy atom. The topological polar surface area (TPSA) is 91.9 Å². The van der Waals surface area contributed by atoms with Crippen LogP contribution in [0.3, 0.4) is 0 Å². The van der Waals surface area contributed by atoms with Gasteiger partial charge in [-0.25, -0.2) is 0 Å². The molecule has 7 nitrogen and oxygen atoms in total. The van der Waals surface area contributed by atoms with Gasteiger partial charge in [-0.15, -0.1) is 11.3 Å². The third kappa shape index (κ3) is 3.54. The lowest BCUT2D eigenvalue weighted by Crippen LogP contribution is -2.34. The third-order valence-corrected chi connectivity index (χ3v) is 5.19. The van der Waals surface area contributed by atoms with Crippen LogP contribution in [-0.4, -0.2) is 47.3 Å². The summed E-state index contributed by atoms with van der Waals surface area (Å²) in [5.41, 5.74) is 0.810. The highest BCUT2D eigenvalue weighted by Gasteiger charge is 2.19. The number of pyridine rings is 1. The number of aromatic amines is 1. The van der Waals surface area contributed by atoms with E-state index in [-0.39, 0.29) is 31.2 Å². The summed E-state index contributed by atoms with van der Waals surface area (Å²) >= 11 is 1.33. The summed E-state index contributed by atoms with van der Waals surface area (Å²) in [7, 11) is 0. The van der Waals surface area contributed by atoms with Crippen molar-refractivity contribution in [1.82, 2.24) is 9.88 Å². The average Bonchev–Trinajstić information content (AvgIpc) is 3.21. The second kappa shape index (κ2) is 7.42. The van der Waals surface area contributed by atoms with Crippen LogP contribution < -0.4 is 15.0 Å². The van der Waals surface area contributed by atoms with Gasteiger partial charge in [-0.3, -0.25) is 9.59 Å². The van der Waals surface area contributed by atoms with Gasteiger partial charge in [-0.1, -0.05) is 6.07 Å². The molecular formula is C19H18N2O5S. The molecule has 1 aromatic carbocycles. The molecule has 0 radical (unpaired) electrons. The summed E-state index contributed by atoms with van der Waals surface area (Å²) in [4.78, 5) is 30.1. The highest BCUT2D eigenvalue weighted by molar-refractivity contribution is 7.12. The molecule has 1 aliphatic heterocycles. The minimum absolute atomic E-state index is 0.108. The minimum Gasteiger partial charge on any atom is -0.486 e. The van der Waals surface area contributed by atoms with E-state index in [4.69, 9.17) is 9.47 Å². The Morgan fingerprint density at radius 3 is 2.70 bits per heavy atom. The van der Waals surface area contributed by atoms with Crippen LogP contribution in [0.5, 0.6) is 11.5 Å². The van der Waals surface area contributed by atoms with Gasteiger partial charge in [0.1, 0.15) is 13.2 Å². The molecule has 0 saturated carbocycles. The lowest BCUT2D eigenvalue weighted by atomic mass is 10.1. The van der Waals surface area contributed by atoms with Gasteiger partial charge < -0.3 is 24.5 Å². The fraction of sp³-hybridized carbons (Fsp3) is 0.263. The molecule has 1 amide bonds. The number of carbonyl (C=O) groups is 1. The van der Waals surface area contributed by atoms with E-state index in [0.717, 1.165) is 5.39 Å². The maximum absolute atomic E-state index is 12.6. The maximum Gasteiger partial charge on any atom is 0.264 e. The van der Waals surface area contributed by atoms with Crippen LogP contribution in [0.4, 0.5) is 0 Å². The monoisotopic (exact) mass is 386 g/mol. The predicted molar refractivity (Wildman–Crippen MR) is 102 cm³/mol. The van der Waals surface area contributed by atoms with E-state index in [1.165, 1.54) is 16.2 Å². The van der Waals surface area contributed by atoms with Crippen LogP contribution in [0, 0.1) is 0 Å². The Bertz CT molecular complexity index is 1030. The number of hydrogen-bond donors (Lipinski definition) is 2. The van der Waals surface area contributed by atoms with Crippen molar-refractivity contribution in [1.29, 1.82) is 0 Å². The molecular weight excluding hydrogens is 368 g/mol. The molecule has 2 N–H and O–H groups in total. The van der Waals surface area contributed by atoms with Crippen LogP contribution in [0.2, 0.25) is 0 Å². The van der Waals surface area contributed by atoms with Crippen molar-refractivity contribution in [2.45, 2.75) is 6.54 Å². The molecule has 3 heterocycles. The lowest BCUT2D eigenvalue weighted by Gasteiger charge is -2.21. The van der Waals surface area contributed by atoms with Crippen molar-refractivity contribution in [2.75, 3.05) is 26.4 Å². The van der Waals surface area contributed by atoms with Gasteiger partial charge in [-0.2, -0.15) is 0 Å². The Labute approximate surface area is 158 Å². The number of H-pyrrole nitrogens is 1. The summed E-state index contributed by atoms with van der Waals surface area (Å²) < 4.78 is 11.1. The summed E-state index contributed by atoms with van der Waals surface area (Å²) in [6.07, 6.45) is 0. The van der Waals surface area contributed by atoms with Crippen molar-refractivity contribution in [2.24, 2.45) is 0 Å². The van der Waals surface area contributed by atoms with Gasteiger partial charge in [0.15, 0.2) is 11.5 Å². The van der Waals surface area contributed by atoms with Crippen LogP contribution in [0.1, 0.15) is 15.2 Å². The zero-order chi connectivity index (χ0) is 18.8. The molecule has 8 heteroatoms. The van der Waals surface area contributed by atoms with Crippen LogP contribution in [0.25, 0.3) is 10.9 Å². The van der Waals surface area contributed by atoms with Crippen molar-refractivity contribution in [3.05, 3.63) is 56.5 Å². The SMILES string of the molecule is O=C(c1cccs1)N(CCO)Cc1cc2cc3c(cc2[nH]c1=O)OCCO3. The van der Waals surface area contributed by atoms with E-state index < -0.39 is 0 Å². The van der Waals surface area contributed by atoms with E-state index in [2.05, 4.69) is 4.98 Å². The summed E-state index contributed by atoms with van der Waals surface area (Å²) in [6, 6.07) is 8.84. The number of amides is 1. The average molecular weight is 386 g/mol. The molecule has 3 aromatic rings. The van der Waals surface area contributed by atoms with Crippen LogP contribution in [-0.2, 0) is 6.54 Å². The standard InChI is InChI=1S/C19H18N2O5S/c22-4-3-21(19(24)17-2-1-7-27-17)11-13-8-12-9-15-16(26-6-5-25-15)10-14(12)20-18(13)23/h1-2,7-10,22H,3-6,11H2,(H,20,23). The van der Waals surface area contributed by atoms with Gasteiger partial charge in [0.25, 0.3) is 11.5 Å². The Hall–Kier alpha value is -2.84. The molecule has 0 fully saturated rings. The number of fused-ring (bicyclic) bond motifs is 2. The number of nitrogens with one attached hydrogen (secondary N) is 1. The van der Waals surface area contributed by atoms with Gasteiger partial charge in [0.05, 0.1) is 23.5 Å².